The standard InChI is InChI=1S/C26H22S2/c1-2-4-20(24-14-22-16-7-11-18(12-8-16)26(22)28-24)19(3-1)23-13-21-15-5-9-17(10-6-15)25(21)27-23/h1-5,7,9,11,13-18H,6,8,10,12H2. The fraction of sp³-hybridized carbons (Fsp3) is 0.308. The van der Waals surface area contributed by atoms with Crippen LogP contribution in [-0.2, 0) is 0 Å². The van der Waals surface area contributed by atoms with Crippen LogP contribution in [0.5, 0.6) is 0 Å². The van der Waals surface area contributed by atoms with Gasteiger partial charge >= 0.3 is 0 Å². The van der Waals surface area contributed by atoms with Crippen LogP contribution in [0.1, 0.15) is 70.2 Å². The van der Waals surface area contributed by atoms with Crippen LogP contribution in [0.15, 0.2) is 60.7 Å². The number of fused-ring (bicyclic) bond motifs is 2. The van der Waals surface area contributed by atoms with Crippen LogP contribution in [0.4, 0.5) is 0 Å². The third kappa shape index (κ3) is 2.16. The van der Waals surface area contributed by atoms with Gasteiger partial charge in [-0.3, -0.25) is 0 Å². The smallest absolute Gasteiger partial charge is 0.0355 e. The summed E-state index contributed by atoms with van der Waals surface area (Å²) >= 11 is 4.10. The Hall–Kier alpha value is -1.90. The maximum Gasteiger partial charge on any atom is 0.0355 e. The fourth-order valence-corrected chi connectivity index (χ4v) is 8.54. The number of hydrogen-bond acceptors (Lipinski definition) is 2. The summed E-state index contributed by atoms with van der Waals surface area (Å²) in [6.45, 7) is 0. The van der Waals surface area contributed by atoms with E-state index in [1.165, 1.54) is 46.6 Å². The van der Waals surface area contributed by atoms with E-state index in [-0.39, 0.29) is 0 Å². The number of allylic oxidation sites excluding steroid dienone is 4. The summed E-state index contributed by atoms with van der Waals surface area (Å²) in [5.41, 5.74) is 6.09. The number of thiophene rings is 2. The van der Waals surface area contributed by atoms with Gasteiger partial charge in [0.05, 0.1) is 0 Å². The molecule has 9 rings (SSSR count). The molecular weight excluding hydrogens is 376 g/mol. The van der Waals surface area contributed by atoms with Gasteiger partial charge in [-0.25, -0.2) is 0 Å². The Kier molecular flexibility index (Phi) is 3.31. The maximum absolute atomic E-state index is 2.51. The van der Waals surface area contributed by atoms with Gasteiger partial charge in [-0.2, -0.15) is 0 Å². The minimum atomic E-state index is 0.660. The molecule has 4 bridgehead atoms. The molecule has 4 unspecified atom stereocenters. The van der Waals surface area contributed by atoms with Crippen LogP contribution in [0.3, 0.4) is 0 Å². The van der Waals surface area contributed by atoms with E-state index in [0.29, 0.717) is 23.7 Å². The molecule has 1 aromatic carbocycles. The van der Waals surface area contributed by atoms with Crippen molar-refractivity contribution in [2.24, 2.45) is 0 Å². The molecule has 6 aliphatic carbocycles. The maximum atomic E-state index is 2.51. The van der Waals surface area contributed by atoms with Crippen LogP contribution in [0.2, 0.25) is 0 Å². The number of hydrogen-bond donors (Lipinski definition) is 0. The molecule has 0 saturated heterocycles. The molecule has 2 heterocycles. The van der Waals surface area contributed by atoms with Crippen LogP contribution in [-0.4, -0.2) is 0 Å². The summed E-state index contributed by atoms with van der Waals surface area (Å²) in [5, 5.41) is 0. The highest BCUT2D eigenvalue weighted by Crippen LogP contribution is 2.54. The summed E-state index contributed by atoms with van der Waals surface area (Å²) in [5.74, 6) is 2.66. The largest absolute Gasteiger partial charge is 0.139 e. The predicted octanol–water partition coefficient (Wildman–Crippen LogP) is 8.21. The summed E-state index contributed by atoms with van der Waals surface area (Å²) < 4.78 is 0. The molecule has 0 fully saturated rings. The number of benzene rings is 1. The zero-order valence-corrected chi connectivity index (χ0v) is 17.4. The molecule has 0 aliphatic heterocycles. The van der Waals surface area contributed by atoms with Crippen LogP contribution >= 0.6 is 22.7 Å². The van der Waals surface area contributed by atoms with E-state index in [1.54, 1.807) is 20.9 Å². The van der Waals surface area contributed by atoms with Crippen molar-refractivity contribution < 1.29 is 0 Å². The molecule has 0 nitrogen and oxygen atoms in total. The first-order chi connectivity index (χ1) is 13.8. The lowest BCUT2D eigenvalue weighted by Gasteiger charge is -2.30. The molecule has 2 heteroatoms. The van der Waals surface area contributed by atoms with E-state index in [9.17, 15) is 0 Å². The zero-order valence-electron chi connectivity index (χ0n) is 15.7. The second-order valence-corrected chi connectivity index (χ2v) is 10.9. The normalized spacial score (nSPS) is 28.6. The van der Waals surface area contributed by atoms with E-state index in [2.05, 4.69) is 60.7 Å². The summed E-state index contributed by atoms with van der Waals surface area (Å²) in [6.07, 6.45) is 15.2. The molecule has 0 amide bonds. The molecule has 0 N–H and O–H groups in total. The monoisotopic (exact) mass is 398 g/mol. The Balaban J connectivity index is 1.36. The van der Waals surface area contributed by atoms with Crippen LogP contribution < -0.4 is 0 Å². The zero-order chi connectivity index (χ0) is 18.2. The van der Waals surface area contributed by atoms with Crippen LogP contribution in [0, 0.1) is 0 Å². The van der Waals surface area contributed by atoms with Gasteiger partial charge in [-0.1, -0.05) is 48.6 Å². The minimum Gasteiger partial charge on any atom is -0.139 e. The average Bonchev–Trinajstić information content (AvgIpc) is 3.43. The third-order valence-electron chi connectivity index (χ3n) is 7.24. The third-order valence-corrected chi connectivity index (χ3v) is 9.87. The topological polar surface area (TPSA) is 0 Å². The van der Waals surface area contributed by atoms with E-state index in [1.807, 2.05) is 22.7 Å². The Morgan fingerprint density at radius 3 is 1.39 bits per heavy atom. The van der Waals surface area contributed by atoms with Gasteiger partial charge < -0.3 is 0 Å². The lowest BCUT2D eigenvalue weighted by atomic mass is 9.76. The molecule has 138 valence electrons. The Morgan fingerprint density at radius 2 is 1.00 bits per heavy atom. The average molecular weight is 399 g/mol. The van der Waals surface area contributed by atoms with E-state index in [0.717, 1.165) is 0 Å². The summed E-state index contributed by atoms with van der Waals surface area (Å²) in [7, 11) is 0. The second kappa shape index (κ2) is 5.81. The second-order valence-electron chi connectivity index (χ2n) is 8.76. The van der Waals surface area contributed by atoms with Gasteiger partial charge in [0.25, 0.3) is 0 Å². The summed E-state index contributed by atoms with van der Waals surface area (Å²) in [6, 6.07) is 14.1. The summed E-state index contributed by atoms with van der Waals surface area (Å²) in [4.78, 5) is 6.20. The van der Waals surface area contributed by atoms with E-state index >= 15 is 0 Å². The minimum absolute atomic E-state index is 0.660. The molecule has 28 heavy (non-hydrogen) atoms. The highest BCUT2D eigenvalue weighted by Gasteiger charge is 2.33. The van der Waals surface area contributed by atoms with Crippen molar-refractivity contribution in [3.8, 4) is 20.9 Å². The highest BCUT2D eigenvalue weighted by molar-refractivity contribution is 7.17. The first kappa shape index (κ1) is 16.0. The first-order valence-electron chi connectivity index (χ1n) is 10.6. The molecule has 4 atom stereocenters. The van der Waals surface area contributed by atoms with Gasteiger partial charge in [-0.15, -0.1) is 22.7 Å². The molecule has 0 radical (unpaired) electrons. The van der Waals surface area contributed by atoms with Crippen molar-refractivity contribution in [2.75, 3.05) is 0 Å². The van der Waals surface area contributed by atoms with Crippen molar-refractivity contribution in [1.82, 2.24) is 0 Å². The molecule has 2 aromatic heterocycles. The Bertz CT molecular complexity index is 1000. The Labute approximate surface area is 174 Å². The predicted molar refractivity (Wildman–Crippen MR) is 121 cm³/mol. The van der Waals surface area contributed by atoms with Crippen molar-refractivity contribution in [2.45, 2.75) is 49.4 Å². The highest BCUT2D eigenvalue weighted by atomic mass is 32.1. The van der Waals surface area contributed by atoms with Crippen LogP contribution in [0.25, 0.3) is 20.9 Å². The van der Waals surface area contributed by atoms with Crippen molar-refractivity contribution >= 4 is 22.7 Å². The van der Waals surface area contributed by atoms with Crippen molar-refractivity contribution in [1.29, 1.82) is 0 Å². The Morgan fingerprint density at radius 1 is 0.571 bits per heavy atom. The van der Waals surface area contributed by atoms with Gasteiger partial charge in [0, 0.05) is 54.3 Å². The van der Waals surface area contributed by atoms with Gasteiger partial charge in [0.15, 0.2) is 0 Å². The van der Waals surface area contributed by atoms with Crippen molar-refractivity contribution in [3.63, 3.8) is 0 Å². The van der Waals surface area contributed by atoms with E-state index in [4.69, 9.17) is 0 Å². The quantitative estimate of drug-likeness (QED) is 0.382. The van der Waals surface area contributed by atoms with Gasteiger partial charge in [0.1, 0.15) is 0 Å². The molecule has 0 spiro atoms. The first-order valence-corrected chi connectivity index (χ1v) is 12.2. The lowest BCUT2D eigenvalue weighted by molar-refractivity contribution is 0.563. The molecule has 0 saturated carbocycles. The molecule has 3 aromatic rings. The molecule has 6 aliphatic rings. The van der Waals surface area contributed by atoms with Crippen molar-refractivity contribution in [3.05, 3.63) is 81.6 Å². The fourth-order valence-electron chi connectivity index (χ4n) is 5.77. The number of rotatable bonds is 2. The van der Waals surface area contributed by atoms with E-state index < -0.39 is 0 Å². The molecular formula is C26H22S2. The SMILES string of the molecule is C1=CC2CCC1c1cc(-c3ccccc3-c3cc4c(s3)C3C=CC4CC3)sc12. The van der Waals surface area contributed by atoms with Gasteiger partial charge in [-0.05, 0) is 48.9 Å². The van der Waals surface area contributed by atoms with Gasteiger partial charge in [0.2, 0.25) is 0 Å². The lowest BCUT2D eigenvalue weighted by Crippen LogP contribution is -2.13.